The van der Waals surface area contributed by atoms with E-state index in [4.69, 9.17) is 21.4 Å². The highest BCUT2D eigenvalue weighted by molar-refractivity contribution is 6.32. The number of aromatic nitrogens is 3. The second kappa shape index (κ2) is 13.1. The predicted octanol–water partition coefficient (Wildman–Crippen LogP) is 5.27. The molecule has 0 unspecified atom stereocenters. The van der Waals surface area contributed by atoms with Crippen molar-refractivity contribution in [3.63, 3.8) is 0 Å². The molecule has 0 amide bonds. The number of carbonyl (C=O) groups is 1. The molecule has 1 N–H and O–H groups in total. The summed E-state index contributed by atoms with van der Waals surface area (Å²) < 4.78 is 45.7. The second-order valence-corrected chi connectivity index (χ2v) is 9.99. The smallest absolute Gasteiger partial charge is 0.416 e. The predicted molar refractivity (Wildman–Crippen MR) is 147 cm³/mol. The molecule has 1 aliphatic carbocycles. The molecule has 226 valence electrons. The lowest BCUT2D eigenvalue weighted by Gasteiger charge is -2.24. The van der Waals surface area contributed by atoms with Crippen LogP contribution in [0.15, 0.2) is 46.0 Å². The van der Waals surface area contributed by atoms with Crippen molar-refractivity contribution in [2.45, 2.75) is 44.3 Å². The molecule has 2 aromatic carbocycles. The number of nitro benzene ring substituents is 1. The molecule has 0 aliphatic heterocycles. The van der Waals surface area contributed by atoms with E-state index < -0.39 is 39.6 Å². The Morgan fingerprint density at radius 2 is 1.79 bits per heavy atom. The number of rotatable bonds is 6. The van der Waals surface area contributed by atoms with Gasteiger partial charge in [0.15, 0.2) is 0 Å². The molecule has 1 saturated carbocycles. The quantitative estimate of drug-likeness (QED) is 0.290. The number of alkyl halides is 3. The van der Waals surface area contributed by atoms with Gasteiger partial charge in [-0.1, -0.05) is 30.9 Å². The molecule has 16 heteroatoms. The minimum Gasteiger partial charge on any atom is -0.477 e. The van der Waals surface area contributed by atoms with Gasteiger partial charge in [-0.25, -0.2) is 19.0 Å². The maximum absolute atomic E-state index is 12.6. The van der Waals surface area contributed by atoms with Crippen LogP contribution in [0.1, 0.15) is 54.1 Å². The Kier molecular flexibility index (Phi) is 9.99. The van der Waals surface area contributed by atoms with Crippen molar-refractivity contribution < 1.29 is 32.7 Å². The fraction of sp³-hybridized carbons (Fsp3) is 0.385. The van der Waals surface area contributed by atoms with Crippen LogP contribution in [0.2, 0.25) is 5.02 Å². The summed E-state index contributed by atoms with van der Waals surface area (Å²) in [5.74, 6) is -1.43. The molecule has 1 fully saturated rings. The number of ether oxygens (including phenoxy) is 1. The summed E-state index contributed by atoms with van der Waals surface area (Å²) in [7, 11) is 5.20. The van der Waals surface area contributed by atoms with E-state index in [-0.39, 0.29) is 28.3 Å². The lowest BCUT2D eigenvalue weighted by molar-refractivity contribution is -0.385. The number of halogens is 4. The lowest BCUT2D eigenvalue weighted by atomic mass is 9.95. The summed E-state index contributed by atoms with van der Waals surface area (Å²) in [6.45, 7) is 0. The van der Waals surface area contributed by atoms with Gasteiger partial charge >= 0.3 is 23.5 Å². The lowest BCUT2D eigenvalue weighted by Crippen LogP contribution is -2.45. The van der Waals surface area contributed by atoms with Gasteiger partial charge < -0.3 is 14.7 Å². The average Bonchev–Trinajstić information content (AvgIpc) is 2.92. The number of nitro groups is 1. The molecule has 1 aliphatic rings. The van der Waals surface area contributed by atoms with Crippen molar-refractivity contribution in [1.82, 2.24) is 14.1 Å². The van der Waals surface area contributed by atoms with E-state index in [1.165, 1.54) is 15.6 Å². The van der Waals surface area contributed by atoms with Gasteiger partial charge in [-0.2, -0.15) is 18.2 Å². The van der Waals surface area contributed by atoms with Crippen LogP contribution in [0.25, 0.3) is 0 Å². The monoisotopic (exact) mass is 613 g/mol. The number of benzene rings is 2. The third-order valence-electron chi connectivity index (χ3n) is 6.42. The van der Waals surface area contributed by atoms with E-state index in [0.29, 0.717) is 12.0 Å². The van der Waals surface area contributed by atoms with Crippen LogP contribution in [0.5, 0.6) is 11.5 Å². The highest BCUT2D eigenvalue weighted by atomic mass is 35.5. The first kappa shape index (κ1) is 32.1. The maximum Gasteiger partial charge on any atom is 0.416 e. The van der Waals surface area contributed by atoms with Gasteiger partial charge in [0, 0.05) is 39.3 Å². The molecule has 42 heavy (non-hydrogen) atoms. The Balaban J connectivity index is 0.000000240. The molecule has 0 saturated heterocycles. The third kappa shape index (κ3) is 7.46. The van der Waals surface area contributed by atoms with Crippen LogP contribution in [-0.2, 0) is 13.2 Å². The van der Waals surface area contributed by atoms with Crippen molar-refractivity contribution >= 4 is 29.2 Å². The topological polar surface area (TPSA) is 150 Å². The number of anilines is 1. The Bertz CT molecular complexity index is 1600. The molecule has 3 aromatic rings. The molecule has 0 bridgehead atoms. The zero-order valence-corrected chi connectivity index (χ0v) is 23.5. The molecule has 0 atom stereocenters. The van der Waals surface area contributed by atoms with Crippen LogP contribution < -0.4 is 21.0 Å². The third-order valence-corrected chi connectivity index (χ3v) is 6.71. The molecular weight excluding hydrogens is 587 g/mol. The summed E-state index contributed by atoms with van der Waals surface area (Å²) >= 11 is 5.72. The maximum atomic E-state index is 12.6. The van der Waals surface area contributed by atoms with E-state index in [2.05, 4.69) is 4.98 Å². The summed E-state index contributed by atoms with van der Waals surface area (Å²) in [6.07, 6.45) is 0.572. The largest absolute Gasteiger partial charge is 0.477 e. The zero-order chi connectivity index (χ0) is 31.4. The molecule has 1 aromatic heterocycles. The summed E-state index contributed by atoms with van der Waals surface area (Å²) in [5, 5.41) is 19.4. The summed E-state index contributed by atoms with van der Waals surface area (Å²) in [5.41, 5.74) is -2.93. The van der Waals surface area contributed by atoms with Gasteiger partial charge in [0.05, 0.1) is 15.5 Å². The molecule has 0 radical (unpaired) electrons. The van der Waals surface area contributed by atoms with Gasteiger partial charge in [-0.15, -0.1) is 0 Å². The number of aromatic carboxylic acids is 1. The van der Waals surface area contributed by atoms with Crippen LogP contribution in [-0.4, -0.2) is 44.2 Å². The fourth-order valence-electron chi connectivity index (χ4n) is 4.39. The van der Waals surface area contributed by atoms with Crippen LogP contribution >= 0.6 is 11.6 Å². The average molecular weight is 614 g/mol. The normalized spacial score (nSPS) is 13.6. The Morgan fingerprint density at radius 3 is 2.31 bits per heavy atom. The van der Waals surface area contributed by atoms with Crippen molar-refractivity contribution in [2.24, 2.45) is 7.05 Å². The van der Waals surface area contributed by atoms with E-state index in [1.54, 1.807) is 26.0 Å². The standard InChI is InChI=1S/C14H7ClF3NO5.C12H20N4O2/c15-10-5-7(14(16,17)18)1-4-12(10)24-8-2-3-11(19(22)23)9(6-8)13(20)21;1-14(2)10-13-11(17)16(12(18)15(10)3)9-7-5-4-6-8-9/h1-6H,(H,20,21);9H,4-8H2,1-3H3. The minimum atomic E-state index is -4.58. The number of carboxylic acid groups (broad SMARTS) is 1. The van der Waals surface area contributed by atoms with E-state index in [1.807, 2.05) is 0 Å². The SMILES string of the molecule is CN(C)c1nc(=O)n(C2CCCCC2)c(=O)n1C.O=C(O)c1cc(Oc2ccc(C(F)(F)F)cc2Cl)ccc1[N+](=O)[O-]. The van der Waals surface area contributed by atoms with Crippen molar-refractivity contribution in [3.8, 4) is 11.5 Å². The van der Waals surface area contributed by atoms with Gasteiger partial charge in [0.2, 0.25) is 5.95 Å². The van der Waals surface area contributed by atoms with Gasteiger partial charge in [-0.3, -0.25) is 14.7 Å². The van der Waals surface area contributed by atoms with Crippen LogP contribution in [0, 0.1) is 10.1 Å². The summed E-state index contributed by atoms with van der Waals surface area (Å²) in [4.78, 5) is 50.9. The fourth-order valence-corrected chi connectivity index (χ4v) is 4.61. The Hall–Kier alpha value is -4.40. The Labute approximate surface area is 241 Å². The van der Waals surface area contributed by atoms with Gasteiger partial charge in [0.1, 0.15) is 17.1 Å². The van der Waals surface area contributed by atoms with E-state index in [9.17, 15) is 37.7 Å². The first-order valence-corrected chi connectivity index (χ1v) is 12.9. The molecular formula is C26H27ClF3N5O7. The first-order valence-electron chi connectivity index (χ1n) is 12.5. The second-order valence-electron chi connectivity index (χ2n) is 9.58. The van der Waals surface area contributed by atoms with Crippen LogP contribution in [0.4, 0.5) is 24.8 Å². The zero-order valence-electron chi connectivity index (χ0n) is 22.7. The van der Waals surface area contributed by atoms with E-state index >= 15 is 0 Å². The molecule has 12 nitrogen and oxygen atoms in total. The van der Waals surface area contributed by atoms with Gasteiger partial charge in [0.25, 0.3) is 5.69 Å². The van der Waals surface area contributed by atoms with Gasteiger partial charge in [-0.05, 0) is 37.1 Å². The van der Waals surface area contributed by atoms with Crippen molar-refractivity contribution in [3.05, 3.63) is 83.6 Å². The molecule has 0 spiro atoms. The molecule has 4 rings (SSSR count). The highest BCUT2D eigenvalue weighted by Crippen LogP contribution is 2.37. The van der Waals surface area contributed by atoms with Crippen LogP contribution in [0.3, 0.4) is 0 Å². The number of hydrogen-bond donors (Lipinski definition) is 1. The summed E-state index contributed by atoms with van der Waals surface area (Å²) in [6, 6.07) is 5.29. The first-order chi connectivity index (χ1) is 19.6. The number of carboxylic acids is 1. The highest BCUT2D eigenvalue weighted by Gasteiger charge is 2.31. The van der Waals surface area contributed by atoms with Crippen molar-refractivity contribution in [2.75, 3.05) is 19.0 Å². The number of nitrogens with zero attached hydrogens (tertiary/aromatic N) is 5. The molecule has 1 heterocycles. The Morgan fingerprint density at radius 1 is 1.14 bits per heavy atom. The number of hydrogen-bond acceptors (Lipinski definition) is 8. The van der Waals surface area contributed by atoms with E-state index in [0.717, 1.165) is 56.0 Å². The minimum absolute atomic E-state index is 0.0219. The van der Waals surface area contributed by atoms with Crippen molar-refractivity contribution in [1.29, 1.82) is 0 Å².